The quantitative estimate of drug-likeness (QED) is 0.665. The first kappa shape index (κ1) is 16.1. The lowest BCUT2D eigenvalue weighted by Gasteiger charge is -2.33. The molecule has 0 aliphatic carbocycles. The molecule has 1 aromatic carbocycles. The minimum absolute atomic E-state index is 0.186. The maximum absolute atomic E-state index is 9.68. The molecule has 1 atom stereocenters. The van der Waals surface area contributed by atoms with Crippen LogP contribution >= 0.6 is 0 Å². The summed E-state index contributed by atoms with van der Waals surface area (Å²) < 4.78 is 5.19. The van der Waals surface area contributed by atoms with Gasteiger partial charge >= 0.3 is 0 Å². The number of aromatic hydroxyl groups is 1. The molecule has 1 aliphatic rings. The lowest BCUT2D eigenvalue weighted by Crippen LogP contribution is -2.46. The number of phenolic OH excluding ortho intramolecular Hbond substituents is 1. The molecule has 0 saturated carbocycles. The minimum Gasteiger partial charge on any atom is -0.504 e. The van der Waals surface area contributed by atoms with Crippen LogP contribution in [0.25, 0.3) is 0 Å². The molecule has 0 spiro atoms. The second-order valence-electron chi connectivity index (χ2n) is 5.60. The van der Waals surface area contributed by atoms with Crippen molar-refractivity contribution in [3.8, 4) is 11.5 Å². The van der Waals surface area contributed by atoms with Gasteiger partial charge in [-0.1, -0.05) is 6.07 Å². The fourth-order valence-corrected chi connectivity index (χ4v) is 2.80. The predicted molar refractivity (Wildman–Crippen MR) is 82.8 cm³/mol. The van der Waals surface area contributed by atoms with E-state index in [9.17, 15) is 5.11 Å². The van der Waals surface area contributed by atoms with E-state index in [1.165, 1.54) is 5.56 Å². The summed E-state index contributed by atoms with van der Waals surface area (Å²) in [5.41, 5.74) is 1.19. The van der Waals surface area contributed by atoms with Crippen molar-refractivity contribution in [2.75, 3.05) is 40.0 Å². The molecule has 1 aliphatic heterocycles. The van der Waals surface area contributed by atoms with Crippen LogP contribution in [0.3, 0.4) is 0 Å². The standard InChI is InChI=1S/C16H26N2O3/c1-21-16-9-13(5-6-15(16)20)14-10-17-12-18(11-14)7-3-2-4-8-19/h5-6,9,14,17,19-20H,2-4,7-8,10-12H2,1H3. The van der Waals surface area contributed by atoms with E-state index in [1.807, 2.05) is 12.1 Å². The normalized spacial score (nSPS) is 19.6. The van der Waals surface area contributed by atoms with Gasteiger partial charge in [0.1, 0.15) is 0 Å². The van der Waals surface area contributed by atoms with Crippen molar-refractivity contribution < 1.29 is 14.9 Å². The average Bonchev–Trinajstić information content (AvgIpc) is 2.52. The van der Waals surface area contributed by atoms with Crippen molar-refractivity contribution in [1.82, 2.24) is 10.2 Å². The Morgan fingerprint density at radius 2 is 2.19 bits per heavy atom. The van der Waals surface area contributed by atoms with Crippen LogP contribution in [0.2, 0.25) is 0 Å². The number of phenols is 1. The molecule has 2 rings (SSSR count). The molecule has 1 aromatic rings. The second kappa shape index (κ2) is 8.22. The highest BCUT2D eigenvalue weighted by atomic mass is 16.5. The molecule has 21 heavy (non-hydrogen) atoms. The van der Waals surface area contributed by atoms with E-state index in [2.05, 4.69) is 10.2 Å². The molecule has 0 amide bonds. The van der Waals surface area contributed by atoms with Crippen LogP contribution in [0.15, 0.2) is 18.2 Å². The van der Waals surface area contributed by atoms with E-state index in [0.717, 1.165) is 45.6 Å². The van der Waals surface area contributed by atoms with Crippen LogP contribution in [0.4, 0.5) is 0 Å². The molecule has 0 bridgehead atoms. The van der Waals surface area contributed by atoms with Crippen molar-refractivity contribution in [3.63, 3.8) is 0 Å². The Hall–Kier alpha value is -1.30. The van der Waals surface area contributed by atoms with Crippen molar-refractivity contribution >= 4 is 0 Å². The number of methoxy groups -OCH3 is 1. The van der Waals surface area contributed by atoms with Gasteiger partial charge < -0.3 is 20.3 Å². The van der Waals surface area contributed by atoms with Gasteiger partial charge in [0.05, 0.1) is 7.11 Å². The number of hydrogen-bond donors (Lipinski definition) is 3. The number of hydrogen-bond acceptors (Lipinski definition) is 5. The van der Waals surface area contributed by atoms with Crippen LogP contribution in [0.1, 0.15) is 30.7 Å². The molecule has 1 fully saturated rings. The Balaban J connectivity index is 1.91. The first-order valence-electron chi connectivity index (χ1n) is 7.65. The number of unbranched alkanes of at least 4 members (excludes halogenated alkanes) is 2. The number of rotatable bonds is 7. The van der Waals surface area contributed by atoms with Gasteiger partial charge in [-0.05, 0) is 43.5 Å². The smallest absolute Gasteiger partial charge is 0.160 e. The van der Waals surface area contributed by atoms with Gasteiger partial charge in [-0.15, -0.1) is 0 Å². The van der Waals surface area contributed by atoms with E-state index in [1.54, 1.807) is 13.2 Å². The summed E-state index contributed by atoms with van der Waals surface area (Å²) in [6.45, 7) is 4.22. The number of nitrogens with zero attached hydrogens (tertiary/aromatic N) is 1. The van der Waals surface area contributed by atoms with Gasteiger partial charge in [0.15, 0.2) is 11.5 Å². The van der Waals surface area contributed by atoms with Gasteiger partial charge in [0, 0.05) is 32.3 Å². The largest absolute Gasteiger partial charge is 0.504 e. The van der Waals surface area contributed by atoms with Crippen LogP contribution in [0, 0.1) is 0 Å². The zero-order chi connectivity index (χ0) is 15.1. The highest BCUT2D eigenvalue weighted by molar-refractivity contribution is 5.43. The average molecular weight is 294 g/mol. The summed E-state index contributed by atoms with van der Waals surface area (Å²) in [4.78, 5) is 2.41. The Morgan fingerprint density at radius 3 is 2.95 bits per heavy atom. The lowest BCUT2D eigenvalue weighted by atomic mass is 9.96. The number of aliphatic hydroxyl groups excluding tert-OH is 1. The number of nitrogens with one attached hydrogen (secondary N) is 1. The number of benzene rings is 1. The third-order valence-corrected chi connectivity index (χ3v) is 4.01. The second-order valence-corrected chi connectivity index (χ2v) is 5.60. The van der Waals surface area contributed by atoms with E-state index in [-0.39, 0.29) is 12.4 Å². The summed E-state index contributed by atoms with van der Waals surface area (Å²) in [7, 11) is 1.57. The summed E-state index contributed by atoms with van der Waals surface area (Å²) in [5, 5.41) is 21.9. The van der Waals surface area contributed by atoms with Gasteiger partial charge in [0.25, 0.3) is 0 Å². The van der Waals surface area contributed by atoms with E-state index < -0.39 is 0 Å². The molecule has 5 heteroatoms. The highest BCUT2D eigenvalue weighted by Gasteiger charge is 2.21. The van der Waals surface area contributed by atoms with Gasteiger partial charge in [-0.25, -0.2) is 0 Å². The fourth-order valence-electron chi connectivity index (χ4n) is 2.80. The molecule has 1 heterocycles. The van der Waals surface area contributed by atoms with Crippen molar-refractivity contribution in [2.24, 2.45) is 0 Å². The van der Waals surface area contributed by atoms with Gasteiger partial charge in [-0.3, -0.25) is 4.90 Å². The van der Waals surface area contributed by atoms with Crippen molar-refractivity contribution in [2.45, 2.75) is 25.2 Å². The fraction of sp³-hybridized carbons (Fsp3) is 0.625. The van der Waals surface area contributed by atoms with Gasteiger partial charge in [0.2, 0.25) is 0 Å². The Bertz CT molecular complexity index is 440. The van der Waals surface area contributed by atoms with Gasteiger partial charge in [-0.2, -0.15) is 0 Å². The molecule has 5 nitrogen and oxygen atoms in total. The zero-order valence-corrected chi connectivity index (χ0v) is 12.7. The zero-order valence-electron chi connectivity index (χ0n) is 12.7. The van der Waals surface area contributed by atoms with Crippen LogP contribution < -0.4 is 10.1 Å². The Morgan fingerprint density at radius 1 is 1.33 bits per heavy atom. The molecule has 0 aromatic heterocycles. The number of aliphatic hydroxyl groups is 1. The van der Waals surface area contributed by atoms with Crippen LogP contribution in [0.5, 0.6) is 11.5 Å². The van der Waals surface area contributed by atoms with Crippen molar-refractivity contribution in [1.29, 1.82) is 0 Å². The molecular weight excluding hydrogens is 268 g/mol. The maximum Gasteiger partial charge on any atom is 0.160 e. The van der Waals surface area contributed by atoms with Crippen LogP contribution in [-0.4, -0.2) is 55.1 Å². The minimum atomic E-state index is 0.186. The molecule has 3 N–H and O–H groups in total. The third kappa shape index (κ3) is 4.59. The molecule has 1 saturated heterocycles. The molecule has 118 valence electrons. The Labute approximate surface area is 126 Å². The maximum atomic E-state index is 9.68. The summed E-state index contributed by atoms with van der Waals surface area (Å²) in [6.07, 6.45) is 3.08. The first-order valence-corrected chi connectivity index (χ1v) is 7.65. The number of ether oxygens (including phenoxy) is 1. The van der Waals surface area contributed by atoms with E-state index >= 15 is 0 Å². The van der Waals surface area contributed by atoms with Crippen molar-refractivity contribution in [3.05, 3.63) is 23.8 Å². The lowest BCUT2D eigenvalue weighted by molar-refractivity contribution is 0.190. The molecule has 1 unspecified atom stereocenters. The first-order chi connectivity index (χ1) is 10.2. The van der Waals surface area contributed by atoms with E-state index in [0.29, 0.717) is 11.7 Å². The Kier molecular flexibility index (Phi) is 6.29. The van der Waals surface area contributed by atoms with Crippen LogP contribution in [-0.2, 0) is 0 Å². The molecular formula is C16H26N2O3. The van der Waals surface area contributed by atoms with E-state index in [4.69, 9.17) is 9.84 Å². The summed E-state index contributed by atoms with van der Waals surface area (Å²) >= 11 is 0. The molecule has 0 radical (unpaired) electrons. The predicted octanol–water partition coefficient (Wildman–Crippen LogP) is 1.51. The highest BCUT2D eigenvalue weighted by Crippen LogP contribution is 2.30. The monoisotopic (exact) mass is 294 g/mol. The SMILES string of the molecule is COc1cc(C2CNCN(CCCCCO)C2)ccc1O. The summed E-state index contributed by atoms with van der Waals surface area (Å²) in [6, 6.07) is 5.60. The summed E-state index contributed by atoms with van der Waals surface area (Å²) in [5.74, 6) is 1.13. The third-order valence-electron chi connectivity index (χ3n) is 4.01. The topological polar surface area (TPSA) is 65.0 Å².